The Morgan fingerprint density at radius 3 is 2.86 bits per heavy atom. The molecule has 0 aliphatic heterocycles. The summed E-state index contributed by atoms with van der Waals surface area (Å²) in [4.78, 5) is 8.39. The molecule has 0 bridgehead atoms. The van der Waals surface area contributed by atoms with Crippen molar-refractivity contribution in [2.24, 2.45) is 0 Å². The first-order valence-corrected chi connectivity index (χ1v) is 5.58. The minimum atomic E-state index is 0.429. The van der Waals surface area contributed by atoms with Crippen molar-refractivity contribution in [3.05, 3.63) is 11.9 Å². The largest absolute Gasteiger partial charge is 0.384 e. The Kier molecular flexibility index (Phi) is 4.69. The maximum absolute atomic E-state index is 5.64. The van der Waals surface area contributed by atoms with E-state index >= 15 is 0 Å². The van der Waals surface area contributed by atoms with Gasteiger partial charge in [0.05, 0.1) is 0 Å². The summed E-state index contributed by atoms with van der Waals surface area (Å²) < 4.78 is 5.22. The number of rotatable bonds is 5. The summed E-state index contributed by atoms with van der Waals surface area (Å²) in [5.74, 6) is 2.14. The van der Waals surface area contributed by atoms with Crippen LogP contribution in [0.3, 0.4) is 0 Å². The van der Waals surface area contributed by atoms with E-state index in [0.29, 0.717) is 24.9 Å². The topological polar surface area (TPSA) is 61.0 Å². The molecule has 0 radical (unpaired) electrons. The van der Waals surface area contributed by atoms with E-state index in [-0.39, 0.29) is 0 Å². The molecule has 0 unspecified atom stereocenters. The van der Waals surface area contributed by atoms with Crippen molar-refractivity contribution < 1.29 is 4.74 Å². The molecule has 0 aliphatic carbocycles. The Morgan fingerprint density at radius 2 is 2.21 bits per heavy atom. The Bertz CT molecular complexity index is 293. The molecular formula is C9H15N3OS. The molecule has 0 fully saturated rings. The van der Waals surface area contributed by atoms with Gasteiger partial charge in [-0.25, -0.2) is 9.97 Å². The van der Waals surface area contributed by atoms with Crippen molar-refractivity contribution in [1.82, 2.24) is 9.97 Å². The van der Waals surface area contributed by atoms with Gasteiger partial charge in [0.25, 0.3) is 0 Å². The van der Waals surface area contributed by atoms with Gasteiger partial charge in [-0.3, -0.25) is 0 Å². The monoisotopic (exact) mass is 213 g/mol. The number of thioether (sulfide) groups is 1. The highest BCUT2D eigenvalue weighted by atomic mass is 32.2. The molecule has 5 heteroatoms. The normalized spacial score (nSPS) is 10.4. The van der Waals surface area contributed by atoms with Gasteiger partial charge in [0, 0.05) is 12.7 Å². The fourth-order valence-electron chi connectivity index (χ4n) is 0.972. The molecule has 0 atom stereocenters. The second-order valence-corrected chi connectivity index (χ2v) is 3.90. The van der Waals surface area contributed by atoms with Crippen LogP contribution >= 0.6 is 11.8 Å². The summed E-state index contributed by atoms with van der Waals surface area (Å²) in [5, 5.41) is 0.912. The summed E-state index contributed by atoms with van der Waals surface area (Å²) in [5.41, 5.74) is 5.64. The second kappa shape index (κ2) is 5.82. The molecule has 0 aliphatic rings. The number of hydrogen-bond acceptors (Lipinski definition) is 5. The molecule has 0 saturated heterocycles. The van der Waals surface area contributed by atoms with Crippen LogP contribution in [0.5, 0.6) is 0 Å². The van der Waals surface area contributed by atoms with Gasteiger partial charge in [0.1, 0.15) is 17.5 Å². The quantitative estimate of drug-likeness (QED) is 0.596. The number of nitrogens with two attached hydrogens (primary N) is 1. The smallest absolute Gasteiger partial charge is 0.157 e. The summed E-state index contributed by atoms with van der Waals surface area (Å²) in [6.45, 7) is 5.10. The van der Waals surface area contributed by atoms with Gasteiger partial charge in [-0.2, -0.15) is 0 Å². The van der Waals surface area contributed by atoms with E-state index in [1.807, 2.05) is 6.92 Å². The van der Waals surface area contributed by atoms with Crippen molar-refractivity contribution in [2.45, 2.75) is 25.5 Å². The summed E-state index contributed by atoms with van der Waals surface area (Å²) in [6.07, 6.45) is 0. The molecule has 0 spiro atoms. The van der Waals surface area contributed by atoms with Crippen LogP contribution in [-0.4, -0.2) is 22.3 Å². The van der Waals surface area contributed by atoms with Gasteiger partial charge in [-0.15, -0.1) is 11.8 Å². The van der Waals surface area contributed by atoms with E-state index in [2.05, 4.69) is 16.9 Å². The highest BCUT2D eigenvalue weighted by Gasteiger charge is 2.02. The van der Waals surface area contributed by atoms with Crippen molar-refractivity contribution in [1.29, 1.82) is 0 Å². The number of anilines is 1. The predicted molar refractivity (Wildman–Crippen MR) is 58.2 cm³/mol. The number of aromatic nitrogens is 2. The lowest BCUT2D eigenvalue weighted by atomic mass is 10.5. The summed E-state index contributed by atoms with van der Waals surface area (Å²) in [6, 6.07) is 1.78. The van der Waals surface area contributed by atoms with Gasteiger partial charge in [-0.1, -0.05) is 6.92 Å². The Balaban J connectivity index is 2.73. The molecule has 0 amide bonds. The van der Waals surface area contributed by atoms with Gasteiger partial charge >= 0.3 is 0 Å². The standard InChI is InChI=1S/C9H15N3OS/c1-3-13-6-8-11-7(10)5-9(12-8)14-4-2/h5H,3-4,6H2,1-2H3,(H2,10,11,12). The van der Waals surface area contributed by atoms with E-state index in [9.17, 15) is 0 Å². The lowest BCUT2D eigenvalue weighted by Crippen LogP contribution is -2.03. The van der Waals surface area contributed by atoms with Crippen molar-refractivity contribution >= 4 is 17.6 Å². The third-order valence-corrected chi connectivity index (χ3v) is 2.29. The molecule has 2 N–H and O–H groups in total. The molecule has 78 valence electrons. The van der Waals surface area contributed by atoms with Crippen LogP contribution in [-0.2, 0) is 11.3 Å². The average Bonchev–Trinajstić information content (AvgIpc) is 2.14. The predicted octanol–water partition coefficient (Wildman–Crippen LogP) is 1.71. The molecule has 0 aromatic carbocycles. The van der Waals surface area contributed by atoms with Crippen molar-refractivity contribution in [3.8, 4) is 0 Å². The van der Waals surface area contributed by atoms with Crippen LogP contribution < -0.4 is 5.73 Å². The fraction of sp³-hybridized carbons (Fsp3) is 0.556. The van der Waals surface area contributed by atoms with Crippen LogP contribution in [0.4, 0.5) is 5.82 Å². The third-order valence-electron chi connectivity index (χ3n) is 1.50. The van der Waals surface area contributed by atoms with Gasteiger partial charge < -0.3 is 10.5 Å². The molecule has 14 heavy (non-hydrogen) atoms. The third kappa shape index (κ3) is 3.51. The molecular weight excluding hydrogens is 198 g/mol. The zero-order valence-electron chi connectivity index (χ0n) is 8.49. The molecule has 1 rings (SSSR count). The summed E-state index contributed by atoms with van der Waals surface area (Å²) >= 11 is 1.65. The van der Waals surface area contributed by atoms with Crippen molar-refractivity contribution in [3.63, 3.8) is 0 Å². The highest BCUT2D eigenvalue weighted by molar-refractivity contribution is 7.99. The first-order chi connectivity index (χ1) is 6.76. The van der Waals surface area contributed by atoms with Crippen molar-refractivity contribution in [2.75, 3.05) is 18.1 Å². The van der Waals surface area contributed by atoms with Gasteiger partial charge in [-0.05, 0) is 12.7 Å². The molecule has 0 saturated carbocycles. The molecule has 1 aromatic rings. The summed E-state index contributed by atoms with van der Waals surface area (Å²) in [7, 11) is 0. The average molecular weight is 213 g/mol. The van der Waals surface area contributed by atoms with E-state index in [4.69, 9.17) is 10.5 Å². The minimum Gasteiger partial charge on any atom is -0.384 e. The Morgan fingerprint density at radius 1 is 1.43 bits per heavy atom. The van der Waals surface area contributed by atoms with E-state index in [1.165, 1.54) is 0 Å². The molecule has 1 aromatic heterocycles. The first-order valence-electron chi connectivity index (χ1n) is 4.60. The second-order valence-electron chi connectivity index (χ2n) is 2.62. The van der Waals surface area contributed by atoms with Crippen LogP contribution in [0.15, 0.2) is 11.1 Å². The Labute approximate surface area is 88.3 Å². The number of nitrogens with zero attached hydrogens (tertiary/aromatic N) is 2. The molecule has 1 heterocycles. The SMILES string of the molecule is CCOCc1nc(N)cc(SCC)n1. The fourth-order valence-corrected chi connectivity index (χ4v) is 1.64. The van der Waals surface area contributed by atoms with Crippen LogP contribution in [0, 0.1) is 0 Å². The first kappa shape index (κ1) is 11.3. The number of nitrogen functional groups attached to an aromatic ring is 1. The lowest BCUT2D eigenvalue weighted by Gasteiger charge is -2.04. The number of ether oxygens (including phenoxy) is 1. The van der Waals surface area contributed by atoms with E-state index in [0.717, 1.165) is 10.8 Å². The van der Waals surface area contributed by atoms with Gasteiger partial charge in [0.15, 0.2) is 5.82 Å². The van der Waals surface area contributed by atoms with Crippen LogP contribution in [0.1, 0.15) is 19.7 Å². The van der Waals surface area contributed by atoms with Crippen LogP contribution in [0.25, 0.3) is 0 Å². The maximum atomic E-state index is 5.64. The minimum absolute atomic E-state index is 0.429. The Hall–Kier alpha value is -0.810. The zero-order chi connectivity index (χ0) is 10.4. The molecule has 4 nitrogen and oxygen atoms in total. The van der Waals surface area contributed by atoms with E-state index in [1.54, 1.807) is 17.8 Å². The highest BCUT2D eigenvalue weighted by Crippen LogP contribution is 2.16. The number of hydrogen-bond donors (Lipinski definition) is 1. The maximum Gasteiger partial charge on any atom is 0.157 e. The van der Waals surface area contributed by atoms with E-state index < -0.39 is 0 Å². The van der Waals surface area contributed by atoms with Gasteiger partial charge in [0.2, 0.25) is 0 Å². The lowest BCUT2D eigenvalue weighted by molar-refractivity contribution is 0.128. The van der Waals surface area contributed by atoms with Crippen LogP contribution in [0.2, 0.25) is 0 Å². The zero-order valence-corrected chi connectivity index (χ0v) is 9.30.